The fourth-order valence-electron chi connectivity index (χ4n) is 6.36. The third-order valence-corrected chi connectivity index (χ3v) is 11.6. The van der Waals surface area contributed by atoms with E-state index in [-0.39, 0.29) is 23.4 Å². The molecule has 1 unspecified atom stereocenters. The van der Waals surface area contributed by atoms with Crippen molar-refractivity contribution in [3.63, 3.8) is 0 Å². The highest BCUT2D eigenvalue weighted by atomic mass is 31.2. The van der Waals surface area contributed by atoms with E-state index in [2.05, 4.69) is 88.3 Å². The van der Waals surface area contributed by atoms with Gasteiger partial charge in [0, 0.05) is 60.2 Å². The lowest BCUT2D eigenvalue weighted by Crippen LogP contribution is -2.33. The second-order valence-corrected chi connectivity index (χ2v) is 16.0. The predicted octanol–water partition coefficient (Wildman–Crippen LogP) is 11.4. The number of amides is 1. The first-order chi connectivity index (χ1) is 26.8. The van der Waals surface area contributed by atoms with Crippen molar-refractivity contribution >= 4 is 42.9 Å². The van der Waals surface area contributed by atoms with Crippen LogP contribution in [0.15, 0.2) is 87.3 Å². The van der Waals surface area contributed by atoms with Crippen LogP contribution in [0.3, 0.4) is 0 Å². The topological polar surface area (TPSA) is 126 Å². The van der Waals surface area contributed by atoms with E-state index in [4.69, 9.17) is 25.1 Å². The number of carbonyl (C=O) groups is 1. The van der Waals surface area contributed by atoms with Gasteiger partial charge in [0.05, 0.1) is 32.2 Å². The first-order valence-electron chi connectivity index (χ1n) is 19.0. The van der Waals surface area contributed by atoms with E-state index in [1.54, 1.807) is 50.6 Å². The van der Waals surface area contributed by atoms with Gasteiger partial charge in [0.1, 0.15) is 29.5 Å². The van der Waals surface area contributed by atoms with Crippen LogP contribution in [-0.4, -0.2) is 70.2 Å². The van der Waals surface area contributed by atoms with E-state index in [0.717, 1.165) is 42.6 Å². The lowest BCUT2D eigenvalue weighted by atomic mass is 9.84. The van der Waals surface area contributed by atoms with Crippen molar-refractivity contribution in [2.75, 3.05) is 52.5 Å². The second kappa shape index (κ2) is 21.0. The van der Waals surface area contributed by atoms with Crippen LogP contribution < -0.4 is 19.7 Å². The number of hydrogen-bond donors (Lipinski definition) is 1. The maximum atomic E-state index is 12.8. The third-order valence-electron chi connectivity index (χ3n) is 9.51. The summed E-state index contributed by atoms with van der Waals surface area (Å²) >= 11 is 0. The van der Waals surface area contributed by atoms with Crippen LogP contribution in [0.4, 0.5) is 28.4 Å². The number of nitrogens with zero attached hydrogens (tertiary/aromatic N) is 7. The van der Waals surface area contributed by atoms with Gasteiger partial charge >= 0.3 is 0 Å². The van der Waals surface area contributed by atoms with Crippen molar-refractivity contribution in [3.05, 3.63) is 89.4 Å². The molecule has 0 saturated carbocycles. The zero-order valence-electron chi connectivity index (χ0n) is 34.3. The summed E-state index contributed by atoms with van der Waals surface area (Å²) in [7, 11) is 3.92. The molecule has 0 bridgehead atoms. The van der Waals surface area contributed by atoms with Crippen LogP contribution in [-0.2, 0) is 14.5 Å². The Morgan fingerprint density at radius 1 is 0.857 bits per heavy atom. The Morgan fingerprint density at radius 3 is 2.02 bits per heavy atom. The highest BCUT2D eigenvalue weighted by Gasteiger charge is 2.37. The summed E-state index contributed by atoms with van der Waals surface area (Å²) < 4.78 is 25.6. The van der Waals surface area contributed by atoms with Gasteiger partial charge in [-0.2, -0.15) is 10.2 Å². The van der Waals surface area contributed by atoms with Crippen molar-refractivity contribution in [2.45, 2.75) is 84.7 Å². The predicted molar refractivity (Wildman–Crippen MR) is 225 cm³/mol. The summed E-state index contributed by atoms with van der Waals surface area (Å²) in [4.78, 5) is 18.3. The molecule has 1 aliphatic rings. The molecule has 0 radical (unpaired) electrons. The number of allylic oxidation sites excluding steroid dienone is 1. The number of ether oxygens (including phenoxy) is 2. The van der Waals surface area contributed by atoms with Gasteiger partial charge in [-0.3, -0.25) is 4.79 Å². The zero-order chi connectivity index (χ0) is 40.8. The number of rotatable bonds is 21. The number of carbonyl (C=O) groups excluding carboxylic acids is 1. The summed E-state index contributed by atoms with van der Waals surface area (Å²) in [6, 6.07) is 16.9. The average Bonchev–Trinajstić information content (AvgIpc) is 3.35. The van der Waals surface area contributed by atoms with Crippen LogP contribution in [0.1, 0.15) is 83.1 Å². The van der Waals surface area contributed by atoms with E-state index < -0.39 is 8.53 Å². The summed E-state index contributed by atoms with van der Waals surface area (Å²) in [6.07, 6.45) is 3.72. The van der Waals surface area contributed by atoms with Crippen LogP contribution in [0, 0.1) is 6.57 Å². The van der Waals surface area contributed by atoms with Crippen molar-refractivity contribution in [3.8, 4) is 11.5 Å². The van der Waals surface area contributed by atoms with Crippen LogP contribution in [0.5, 0.6) is 11.5 Å². The highest BCUT2D eigenvalue weighted by molar-refractivity contribution is 7.44. The minimum absolute atomic E-state index is 0.140. The molecule has 3 aromatic rings. The van der Waals surface area contributed by atoms with Gasteiger partial charge in [-0.15, -0.1) is 10.2 Å². The molecule has 1 atom stereocenters. The van der Waals surface area contributed by atoms with E-state index >= 15 is 0 Å². The molecule has 1 amide bonds. The van der Waals surface area contributed by atoms with Gasteiger partial charge < -0.3 is 33.6 Å². The molecule has 300 valence electrons. The molecule has 3 aromatic carbocycles. The fourth-order valence-corrected chi connectivity index (χ4v) is 7.98. The maximum absolute atomic E-state index is 12.8. The first kappa shape index (κ1) is 44.0. The van der Waals surface area contributed by atoms with Crippen molar-refractivity contribution in [1.29, 1.82) is 0 Å². The van der Waals surface area contributed by atoms with Crippen molar-refractivity contribution in [1.82, 2.24) is 9.99 Å². The zero-order valence-corrected chi connectivity index (χ0v) is 35.2. The van der Waals surface area contributed by atoms with Gasteiger partial charge in [0.15, 0.2) is 0 Å². The van der Waals surface area contributed by atoms with E-state index in [1.807, 2.05) is 25.2 Å². The molecule has 56 heavy (non-hydrogen) atoms. The number of azo groups is 2. The molecule has 13 nitrogen and oxygen atoms in total. The van der Waals surface area contributed by atoms with E-state index in [9.17, 15) is 4.79 Å². The highest BCUT2D eigenvalue weighted by Crippen LogP contribution is 2.48. The molecule has 1 N–H and O–H groups in total. The number of anilines is 1. The monoisotopic (exact) mass is 784 g/mol. The lowest BCUT2D eigenvalue weighted by Gasteiger charge is -2.35. The molecule has 0 spiro atoms. The van der Waals surface area contributed by atoms with Crippen LogP contribution in [0.2, 0.25) is 0 Å². The summed E-state index contributed by atoms with van der Waals surface area (Å²) in [5.74, 6) is 0.779. The summed E-state index contributed by atoms with van der Waals surface area (Å²) in [6.45, 7) is 26.0. The van der Waals surface area contributed by atoms with E-state index in [0.29, 0.717) is 66.1 Å². The molecule has 0 saturated heterocycles. The third kappa shape index (κ3) is 11.4. The number of unbranched alkanes of at least 4 members (excludes halogenated alkanes) is 3. The van der Waals surface area contributed by atoms with Crippen LogP contribution >= 0.6 is 8.53 Å². The number of likely N-dealkylation sites (N-methyl/N-ethyl adjacent to an activating group) is 1. The molecular weight excluding hydrogens is 727 g/mol. The second-order valence-electron chi connectivity index (χ2n) is 14.5. The summed E-state index contributed by atoms with van der Waals surface area (Å²) in [5, 5.41) is 20.8. The molecule has 0 aromatic heterocycles. The largest absolute Gasteiger partial charge is 0.494 e. The molecular formula is C42H57N8O5P. The first-order valence-corrected chi connectivity index (χ1v) is 20.2. The SMILES string of the molecule is [C-]#[N+]CCOP(OCCCCCCNC(=O)c1ccc(/N=N\c2cc(OC)c(/N=N\c3ccc4c(c3)C(C)(C)C(=C)N4C)cc2OC)cc1)N(C(C)C)C(C)C. The number of benzene rings is 3. The van der Waals surface area contributed by atoms with Gasteiger partial charge in [-0.05, 0) is 88.6 Å². The lowest BCUT2D eigenvalue weighted by molar-refractivity contribution is 0.0952. The molecule has 0 aliphatic carbocycles. The Labute approximate surface area is 334 Å². The minimum Gasteiger partial charge on any atom is -0.494 e. The Hall–Kier alpha value is -4.73. The Kier molecular flexibility index (Phi) is 16.5. The smallest absolute Gasteiger partial charge is 0.259 e. The number of methoxy groups -OCH3 is 2. The number of hydrogen-bond acceptors (Lipinski definition) is 11. The molecule has 4 rings (SSSR count). The Morgan fingerprint density at radius 2 is 1.43 bits per heavy atom. The fraction of sp³-hybridized carbons (Fsp3) is 0.476. The number of fused-ring (bicyclic) bond motifs is 1. The molecule has 0 fully saturated rings. The molecule has 1 aliphatic heterocycles. The van der Waals surface area contributed by atoms with Gasteiger partial charge in [-0.25, -0.2) is 11.2 Å². The summed E-state index contributed by atoms with van der Waals surface area (Å²) in [5.41, 5.74) is 5.85. The van der Waals surface area contributed by atoms with Gasteiger partial charge in [-0.1, -0.05) is 33.3 Å². The Bertz CT molecular complexity index is 1880. The van der Waals surface area contributed by atoms with Crippen molar-refractivity contribution < 1.29 is 23.3 Å². The average molecular weight is 785 g/mol. The minimum atomic E-state index is -1.21. The standard InChI is InChI=1S/C42H57N8O5P/c1-29(2)50(30(3)4)56(55-25-23-43-8)54-24-15-13-12-14-22-44-41(51)32-16-18-33(19-17-32)45-47-36-27-40(53-11)37(28-39(36)52-10)48-46-34-20-21-38-35(26-34)42(6,7)31(5)49(38)9/h16-21,26-30H,5,12-15,22-25H2,1-4,6-7,9-11H3,(H,44,51)/b47-45-,48-46-. The van der Waals surface area contributed by atoms with Gasteiger partial charge in [0.2, 0.25) is 6.54 Å². The van der Waals surface area contributed by atoms with Crippen LogP contribution in [0.25, 0.3) is 4.85 Å². The molecule has 14 heteroatoms. The number of nitrogens with one attached hydrogen (secondary N) is 1. The Balaban J connectivity index is 1.26. The maximum Gasteiger partial charge on any atom is 0.259 e. The van der Waals surface area contributed by atoms with Crippen molar-refractivity contribution in [2.24, 2.45) is 20.5 Å². The molecule has 1 heterocycles. The normalized spacial score (nSPS) is 14.3. The quantitative estimate of drug-likeness (QED) is 0.0493. The van der Waals surface area contributed by atoms with E-state index in [1.165, 1.54) is 0 Å². The van der Waals surface area contributed by atoms with Gasteiger partial charge in [0.25, 0.3) is 14.4 Å².